The van der Waals surface area contributed by atoms with Crippen LogP contribution in [-0.4, -0.2) is 46.0 Å². The van der Waals surface area contributed by atoms with E-state index in [9.17, 15) is 9.59 Å². The Morgan fingerprint density at radius 2 is 1.95 bits per heavy atom. The van der Waals surface area contributed by atoms with E-state index in [0.717, 1.165) is 22.6 Å². The average Bonchev–Trinajstić information content (AvgIpc) is 3.25. The first-order valence-corrected chi connectivity index (χ1v) is 15.2. The number of carbonyl (C=O) groups excluding carboxylic acids is 2. The lowest BCUT2D eigenvalue weighted by Gasteiger charge is -2.47. The van der Waals surface area contributed by atoms with Crippen LogP contribution in [0.15, 0.2) is 36.4 Å². The first-order valence-electron chi connectivity index (χ1n) is 12.7. The van der Waals surface area contributed by atoms with Gasteiger partial charge in [0.2, 0.25) is 0 Å². The van der Waals surface area contributed by atoms with Crippen molar-refractivity contribution in [3.05, 3.63) is 56.2 Å². The van der Waals surface area contributed by atoms with E-state index in [1.54, 1.807) is 0 Å². The van der Waals surface area contributed by atoms with Gasteiger partial charge in [0.1, 0.15) is 12.2 Å². The Bertz CT molecular complexity index is 1070. The molecule has 3 rings (SSSR count). The maximum absolute atomic E-state index is 14.1. The number of hydrogen-bond acceptors (Lipinski definition) is 6. The van der Waals surface area contributed by atoms with Crippen LogP contribution in [0.3, 0.4) is 0 Å². The number of rotatable bonds is 10. The minimum absolute atomic E-state index is 0.0386. The molecule has 4 atom stereocenters. The van der Waals surface area contributed by atoms with Gasteiger partial charge in [-0.25, -0.2) is 0 Å². The number of nitrogens with zero attached hydrogens (tertiary/aromatic N) is 1. The van der Waals surface area contributed by atoms with Crippen molar-refractivity contribution in [2.45, 2.75) is 83.4 Å². The topological polar surface area (TPSA) is 55.8 Å². The van der Waals surface area contributed by atoms with Gasteiger partial charge in [0.05, 0.1) is 23.4 Å². The highest BCUT2D eigenvalue weighted by Gasteiger charge is 2.47. The zero-order chi connectivity index (χ0) is 27.3. The summed E-state index contributed by atoms with van der Waals surface area (Å²) in [6.07, 6.45) is -0.858. The van der Waals surface area contributed by atoms with E-state index in [4.69, 9.17) is 32.7 Å². The van der Waals surface area contributed by atoms with Gasteiger partial charge >= 0.3 is 5.97 Å². The number of esters is 1. The normalized spacial score (nSPS) is 21.4. The molecule has 0 radical (unpaired) electrons. The van der Waals surface area contributed by atoms with Crippen molar-refractivity contribution < 1.29 is 19.1 Å². The van der Waals surface area contributed by atoms with Gasteiger partial charge < -0.3 is 14.4 Å². The van der Waals surface area contributed by atoms with E-state index >= 15 is 0 Å². The molecule has 2 unspecified atom stereocenters. The predicted molar refractivity (Wildman–Crippen MR) is 155 cm³/mol. The third-order valence-electron chi connectivity index (χ3n) is 5.99. The molecule has 0 spiro atoms. The summed E-state index contributed by atoms with van der Waals surface area (Å²) in [4.78, 5) is 29.7. The van der Waals surface area contributed by atoms with Crippen LogP contribution < -0.4 is 0 Å². The van der Waals surface area contributed by atoms with Crippen LogP contribution in [0.25, 0.3) is 0 Å². The van der Waals surface area contributed by atoms with Gasteiger partial charge in [-0.05, 0) is 42.2 Å². The molecule has 1 amide bonds. The van der Waals surface area contributed by atoms with Crippen molar-refractivity contribution in [3.63, 3.8) is 0 Å². The molecule has 2 aromatic rings. The fraction of sp³-hybridized carbons (Fsp3) is 0.571. The molecule has 37 heavy (non-hydrogen) atoms. The minimum atomic E-state index is -0.955. The minimum Gasteiger partial charge on any atom is -0.465 e. The van der Waals surface area contributed by atoms with Gasteiger partial charge in [-0.3, -0.25) is 9.59 Å². The largest absolute Gasteiger partial charge is 0.465 e. The molecule has 1 saturated heterocycles. The molecular formula is C28H37Cl2NO4S2. The van der Waals surface area contributed by atoms with E-state index in [1.165, 1.54) is 11.3 Å². The highest BCUT2D eigenvalue weighted by atomic mass is 35.5. The lowest BCUT2D eigenvalue weighted by atomic mass is 9.93. The lowest BCUT2D eigenvalue weighted by Crippen LogP contribution is -2.55. The van der Waals surface area contributed by atoms with Crippen molar-refractivity contribution in [1.29, 1.82) is 0 Å². The fourth-order valence-electron chi connectivity index (χ4n) is 4.23. The van der Waals surface area contributed by atoms with Gasteiger partial charge in [0, 0.05) is 26.4 Å². The quantitative estimate of drug-likeness (QED) is 0.265. The second-order valence-corrected chi connectivity index (χ2v) is 14.7. The molecule has 9 heteroatoms. The number of carbonyl (C=O) groups is 2. The number of morpholine rings is 1. The highest BCUT2D eigenvalue weighted by molar-refractivity contribution is 8.00. The van der Waals surface area contributed by atoms with Crippen LogP contribution in [0, 0.1) is 5.92 Å². The monoisotopic (exact) mass is 585 g/mol. The Morgan fingerprint density at radius 3 is 2.51 bits per heavy atom. The SMILES string of the molecule is CCC(CSC(C)(C)C)N1C(=O)[C@H](CC(=O)OCC(C)C)O[C@H](c2cccc(Cl)c2)C1c1ccc(Cl)s1. The second-order valence-electron chi connectivity index (χ2n) is 10.7. The number of thiophene rings is 1. The van der Waals surface area contributed by atoms with Crippen molar-refractivity contribution >= 4 is 58.2 Å². The summed E-state index contributed by atoms with van der Waals surface area (Å²) in [5.74, 6) is 0.324. The van der Waals surface area contributed by atoms with E-state index in [-0.39, 0.29) is 29.0 Å². The van der Waals surface area contributed by atoms with Crippen LogP contribution in [-0.2, 0) is 19.1 Å². The first-order chi connectivity index (χ1) is 17.4. The maximum Gasteiger partial charge on any atom is 0.308 e. The Kier molecular flexibility index (Phi) is 10.8. The smallest absolute Gasteiger partial charge is 0.308 e. The molecule has 1 fully saturated rings. The van der Waals surface area contributed by atoms with Gasteiger partial charge in [0.25, 0.3) is 5.91 Å². The lowest BCUT2D eigenvalue weighted by molar-refractivity contribution is -0.183. The molecule has 0 bridgehead atoms. The maximum atomic E-state index is 14.1. The molecule has 1 aromatic carbocycles. The Hall–Kier alpha value is -1.25. The van der Waals surface area contributed by atoms with Crippen LogP contribution in [0.1, 0.15) is 77.0 Å². The fourth-order valence-corrected chi connectivity index (χ4v) is 6.70. The molecule has 5 nitrogen and oxygen atoms in total. The molecule has 204 valence electrons. The van der Waals surface area contributed by atoms with Crippen LogP contribution >= 0.6 is 46.3 Å². The summed E-state index contributed by atoms with van der Waals surface area (Å²) < 4.78 is 12.6. The van der Waals surface area contributed by atoms with Crippen LogP contribution in [0.5, 0.6) is 0 Å². The van der Waals surface area contributed by atoms with Gasteiger partial charge in [-0.15, -0.1) is 11.3 Å². The van der Waals surface area contributed by atoms with Crippen LogP contribution in [0.2, 0.25) is 9.36 Å². The van der Waals surface area contributed by atoms with Crippen LogP contribution in [0.4, 0.5) is 0 Å². The molecule has 1 aliphatic rings. The summed E-state index contributed by atoms with van der Waals surface area (Å²) in [7, 11) is 0. The average molecular weight is 587 g/mol. The Labute approximate surface area is 239 Å². The summed E-state index contributed by atoms with van der Waals surface area (Å²) in [6.45, 7) is 12.9. The van der Waals surface area contributed by atoms with E-state index < -0.39 is 24.2 Å². The number of amides is 1. The van der Waals surface area contributed by atoms with Gasteiger partial charge in [0.15, 0.2) is 0 Å². The predicted octanol–water partition coefficient (Wildman–Crippen LogP) is 7.96. The summed E-state index contributed by atoms with van der Waals surface area (Å²) in [5, 5.41) is 0.579. The van der Waals surface area contributed by atoms with Crippen molar-refractivity contribution in [3.8, 4) is 0 Å². The molecule has 2 heterocycles. The van der Waals surface area contributed by atoms with E-state index in [0.29, 0.717) is 16.0 Å². The number of ether oxygens (including phenoxy) is 2. The number of thioether (sulfide) groups is 1. The zero-order valence-corrected chi connectivity index (χ0v) is 25.5. The highest BCUT2D eigenvalue weighted by Crippen LogP contribution is 2.47. The summed E-state index contributed by atoms with van der Waals surface area (Å²) in [6, 6.07) is 10.8. The number of hydrogen-bond donors (Lipinski definition) is 0. The van der Waals surface area contributed by atoms with Crippen molar-refractivity contribution in [2.24, 2.45) is 5.92 Å². The van der Waals surface area contributed by atoms with E-state index in [1.807, 2.05) is 66.9 Å². The molecule has 1 aromatic heterocycles. The standard InChI is InChI=1S/C28H37Cl2NO4S2/c1-7-20(16-36-28(4,5)6)31-25(22-11-12-23(30)37-22)26(18-9-8-10-19(29)13-18)35-21(27(31)33)14-24(32)34-15-17(2)3/h8-13,17,20-21,25-26H,7,14-16H2,1-6H3/t20?,21-,25?,26+/m0/s1. The zero-order valence-electron chi connectivity index (χ0n) is 22.3. The molecule has 1 aliphatic heterocycles. The first kappa shape index (κ1) is 30.3. The molecular weight excluding hydrogens is 549 g/mol. The molecule has 0 aliphatic carbocycles. The van der Waals surface area contributed by atoms with Gasteiger partial charge in [-0.2, -0.15) is 11.8 Å². The van der Waals surface area contributed by atoms with E-state index in [2.05, 4.69) is 27.7 Å². The summed E-state index contributed by atoms with van der Waals surface area (Å²) in [5.41, 5.74) is 0.846. The van der Waals surface area contributed by atoms with Gasteiger partial charge in [-0.1, -0.05) is 76.9 Å². The molecule has 0 saturated carbocycles. The Balaban J connectivity index is 2.06. The number of benzene rings is 1. The summed E-state index contributed by atoms with van der Waals surface area (Å²) >= 11 is 16.0. The van der Waals surface area contributed by atoms with Crippen molar-refractivity contribution in [1.82, 2.24) is 4.90 Å². The Morgan fingerprint density at radius 1 is 1.22 bits per heavy atom. The van der Waals surface area contributed by atoms with Crippen molar-refractivity contribution in [2.75, 3.05) is 12.4 Å². The third-order valence-corrected chi connectivity index (χ3v) is 8.95. The second kappa shape index (κ2) is 13.2. The molecule has 0 N–H and O–H groups in total. The third kappa shape index (κ3) is 8.37. The number of halogens is 2.